The maximum absolute atomic E-state index is 3.49. The van der Waals surface area contributed by atoms with Gasteiger partial charge in [-0.1, -0.05) is 6.92 Å². The molecule has 3 saturated heterocycles. The first-order valence-electron chi connectivity index (χ1n) is 7.98. The summed E-state index contributed by atoms with van der Waals surface area (Å²) in [7, 11) is 0. The number of hydrogen-bond donors (Lipinski definition) is 1. The monoisotopic (exact) mass is 251 g/mol. The molecule has 3 fully saturated rings. The Morgan fingerprint density at radius 3 is 2.67 bits per heavy atom. The fourth-order valence-corrected chi connectivity index (χ4v) is 4.36. The van der Waals surface area contributed by atoms with Gasteiger partial charge in [-0.3, -0.25) is 4.90 Å². The van der Waals surface area contributed by atoms with Crippen LogP contribution in [0.1, 0.15) is 39.0 Å². The van der Waals surface area contributed by atoms with Gasteiger partial charge < -0.3 is 10.2 Å². The first-order valence-corrected chi connectivity index (χ1v) is 7.98. The minimum atomic E-state index is 0.679. The van der Waals surface area contributed by atoms with E-state index >= 15 is 0 Å². The number of likely N-dealkylation sites (tertiary alicyclic amines) is 2. The quantitative estimate of drug-likeness (QED) is 0.821. The van der Waals surface area contributed by atoms with Crippen molar-refractivity contribution in [3.63, 3.8) is 0 Å². The molecule has 0 unspecified atom stereocenters. The molecular weight excluding hydrogens is 222 g/mol. The van der Waals surface area contributed by atoms with Crippen LogP contribution in [0.25, 0.3) is 0 Å². The Balaban J connectivity index is 1.53. The zero-order valence-electron chi connectivity index (χ0n) is 12.0. The maximum atomic E-state index is 3.49. The van der Waals surface area contributed by atoms with E-state index in [9.17, 15) is 0 Å². The Bertz CT molecular complexity index is 267. The van der Waals surface area contributed by atoms with Crippen molar-refractivity contribution in [1.82, 2.24) is 15.1 Å². The average Bonchev–Trinajstić information content (AvgIpc) is 2.39. The van der Waals surface area contributed by atoms with Crippen molar-refractivity contribution in [3.05, 3.63) is 0 Å². The molecule has 0 aliphatic carbocycles. The van der Waals surface area contributed by atoms with Crippen molar-refractivity contribution in [3.8, 4) is 0 Å². The third-order valence-electron chi connectivity index (χ3n) is 5.17. The van der Waals surface area contributed by atoms with Gasteiger partial charge in [0.1, 0.15) is 0 Å². The highest BCUT2D eigenvalue weighted by Crippen LogP contribution is 2.40. The lowest BCUT2D eigenvalue weighted by molar-refractivity contribution is -0.0667. The van der Waals surface area contributed by atoms with Gasteiger partial charge in [-0.05, 0) is 58.3 Å². The fraction of sp³-hybridized carbons (Fsp3) is 1.00. The lowest BCUT2D eigenvalue weighted by Gasteiger charge is -2.56. The molecular formula is C15H29N3. The standard InChI is InChI=1S/C15H29N3/c1-2-9-17-11-15(12-17)6-3-10-18(13-15)14-4-7-16-8-5-14/h14,16H,2-13H2,1H3. The number of piperidine rings is 2. The van der Waals surface area contributed by atoms with Crippen molar-refractivity contribution in [2.45, 2.75) is 45.1 Å². The highest BCUT2D eigenvalue weighted by Gasteiger charge is 2.45. The van der Waals surface area contributed by atoms with E-state index in [0.717, 1.165) is 6.04 Å². The molecule has 1 N–H and O–H groups in total. The van der Waals surface area contributed by atoms with Gasteiger partial charge in [0.15, 0.2) is 0 Å². The zero-order chi connectivity index (χ0) is 12.4. The predicted molar refractivity (Wildman–Crippen MR) is 75.9 cm³/mol. The van der Waals surface area contributed by atoms with Crippen molar-refractivity contribution < 1.29 is 0 Å². The van der Waals surface area contributed by atoms with E-state index in [4.69, 9.17) is 0 Å². The number of nitrogens with one attached hydrogen (secondary N) is 1. The lowest BCUT2D eigenvalue weighted by Crippen LogP contribution is -2.64. The van der Waals surface area contributed by atoms with Crippen LogP contribution < -0.4 is 5.32 Å². The van der Waals surface area contributed by atoms with E-state index in [1.165, 1.54) is 77.9 Å². The molecule has 0 atom stereocenters. The van der Waals surface area contributed by atoms with Crippen molar-refractivity contribution in [1.29, 1.82) is 0 Å². The summed E-state index contributed by atoms with van der Waals surface area (Å²) in [6.45, 7) is 11.6. The summed E-state index contributed by atoms with van der Waals surface area (Å²) in [6.07, 6.45) is 6.97. The van der Waals surface area contributed by atoms with Gasteiger partial charge in [0.2, 0.25) is 0 Å². The van der Waals surface area contributed by atoms with Gasteiger partial charge in [-0.25, -0.2) is 0 Å². The van der Waals surface area contributed by atoms with Gasteiger partial charge in [0.05, 0.1) is 0 Å². The first kappa shape index (κ1) is 12.9. The van der Waals surface area contributed by atoms with Gasteiger partial charge >= 0.3 is 0 Å². The largest absolute Gasteiger partial charge is 0.317 e. The van der Waals surface area contributed by atoms with Crippen LogP contribution in [0.15, 0.2) is 0 Å². The summed E-state index contributed by atoms with van der Waals surface area (Å²) < 4.78 is 0. The normalized spacial score (nSPS) is 30.5. The van der Waals surface area contributed by atoms with Crippen LogP contribution in [0, 0.1) is 5.41 Å². The highest BCUT2D eigenvalue weighted by atomic mass is 15.3. The summed E-state index contributed by atoms with van der Waals surface area (Å²) >= 11 is 0. The first-order chi connectivity index (χ1) is 8.81. The molecule has 0 radical (unpaired) electrons. The van der Waals surface area contributed by atoms with Crippen LogP contribution >= 0.6 is 0 Å². The second-order valence-electron chi connectivity index (χ2n) is 6.77. The molecule has 3 rings (SSSR count). The molecule has 0 bridgehead atoms. The van der Waals surface area contributed by atoms with Crippen molar-refractivity contribution in [2.24, 2.45) is 5.41 Å². The summed E-state index contributed by atoms with van der Waals surface area (Å²) in [6, 6.07) is 0.878. The summed E-state index contributed by atoms with van der Waals surface area (Å²) in [5.41, 5.74) is 0.679. The van der Waals surface area contributed by atoms with E-state index in [0.29, 0.717) is 5.41 Å². The molecule has 3 heteroatoms. The van der Waals surface area contributed by atoms with Crippen molar-refractivity contribution >= 4 is 0 Å². The van der Waals surface area contributed by atoms with Crippen LogP contribution in [0.3, 0.4) is 0 Å². The second-order valence-corrected chi connectivity index (χ2v) is 6.77. The Morgan fingerprint density at radius 1 is 1.17 bits per heavy atom. The molecule has 3 aliphatic rings. The highest BCUT2D eigenvalue weighted by molar-refractivity contribution is 5.00. The third-order valence-corrected chi connectivity index (χ3v) is 5.17. The summed E-state index contributed by atoms with van der Waals surface area (Å²) in [4.78, 5) is 5.49. The van der Waals surface area contributed by atoms with Crippen LogP contribution in [-0.4, -0.2) is 61.7 Å². The Hall–Kier alpha value is -0.120. The van der Waals surface area contributed by atoms with E-state index in [2.05, 4.69) is 22.0 Å². The van der Waals surface area contributed by atoms with E-state index in [-0.39, 0.29) is 0 Å². The molecule has 18 heavy (non-hydrogen) atoms. The Morgan fingerprint density at radius 2 is 1.94 bits per heavy atom. The lowest BCUT2D eigenvalue weighted by atomic mass is 9.72. The predicted octanol–water partition coefficient (Wildman–Crippen LogP) is 1.55. The third kappa shape index (κ3) is 2.59. The number of nitrogens with zero attached hydrogens (tertiary/aromatic N) is 2. The van der Waals surface area contributed by atoms with Gasteiger partial charge in [0, 0.05) is 31.1 Å². The molecule has 1 spiro atoms. The minimum absolute atomic E-state index is 0.679. The van der Waals surface area contributed by atoms with Gasteiger partial charge in [-0.2, -0.15) is 0 Å². The Kier molecular flexibility index (Phi) is 3.92. The summed E-state index contributed by atoms with van der Waals surface area (Å²) in [5.74, 6) is 0. The molecule has 0 saturated carbocycles. The fourth-order valence-electron chi connectivity index (χ4n) is 4.36. The van der Waals surface area contributed by atoms with Crippen molar-refractivity contribution in [2.75, 3.05) is 45.8 Å². The average molecular weight is 251 g/mol. The molecule has 0 aromatic rings. The van der Waals surface area contributed by atoms with Crippen LogP contribution in [0.2, 0.25) is 0 Å². The van der Waals surface area contributed by atoms with Crippen LogP contribution in [0.5, 0.6) is 0 Å². The van der Waals surface area contributed by atoms with Crippen LogP contribution in [0.4, 0.5) is 0 Å². The SMILES string of the molecule is CCCN1CC2(CCCN(C3CCNCC3)C2)C1. The molecule has 3 aliphatic heterocycles. The van der Waals surface area contributed by atoms with Gasteiger partial charge in [-0.15, -0.1) is 0 Å². The Labute approximate surface area is 112 Å². The van der Waals surface area contributed by atoms with E-state index in [1.54, 1.807) is 0 Å². The smallest absolute Gasteiger partial charge is 0.0120 e. The number of hydrogen-bond acceptors (Lipinski definition) is 3. The number of rotatable bonds is 3. The molecule has 0 aromatic carbocycles. The zero-order valence-corrected chi connectivity index (χ0v) is 12.0. The van der Waals surface area contributed by atoms with E-state index in [1.807, 2.05) is 0 Å². The molecule has 3 heterocycles. The minimum Gasteiger partial charge on any atom is -0.317 e. The molecule has 0 aromatic heterocycles. The van der Waals surface area contributed by atoms with Crippen LogP contribution in [-0.2, 0) is 0 Å². The molecule has 0 amide bonds. The van der Waals surface area contributed by atoms with Gasteiger partial charge in [0.25, 0.3) is 0 Å². The van der Waals surface area contributed by atoms with E-state index < -0.39 is 0 Å². The molecule has 3 nitrogen and oxygen atoms in total. The summed E-state index contributed by atoms with van der Waals surface area (Å²) in [5, 5.41) is 3.49. The topological polar surface area (TPSA) is 18.5 Å². The molecule has 104 valence electrons. The maximum Gasteiger partial charge on any atom is 0.0120 e. The second kappa shape index (κ2) is 5.48.